The van der Waals surface area contributed by atoms with E-state index in [-0.39, 0.29) is 0 Å². The van der Waals surface area contributed by atoms with Crippen LogP contribution in [0.4, 0.5) is 0 Å². The normalized spacial score (nSPS) is 16.4. The first-order valence-corrected chi connectivity index (χ1v) is 7.37. The lowest BCUT2D eigenvalue weighted by molar-refractivity contribution is -0.131. The summed E-state index contributed by atoms with van der Waals surface area (Å²) in [6.07, 6.45) is 8.86. The van der Waals surface area contributed by atoms with Crippen LogP contribution in [0.5, 0.6) is 5.75 Å². The summed E-state index contributed by atoms with van der Waals surface area (Å²) in [6.45, 7) is 0.650. The number of benzene rings is 1. The second kappa shape index (κ2) is 7.34. The number of carboxylic acid groups (broad SMARTS) is 1. The van der Waals surface area contributed by atoms with Crippen LogP contribution >= 0.6 is 11.6 Å². The first-order chi connectivity index (χ1) is 9.66. The molecule has 0 radical (unpaired) electrons. The van der Waals surface area contributed by atoms with Crippen LogP contribution in [-0.2, 0) is 4.79 Å². The number of hydrogen-bond acceptors (Lipinski definition) is 2. The molecule has 0 unspecified atom stereocenters. The highest BCUT2D eigenvalue weighted by atomic mass is 35.5. The smallest absolute Gasteiger partial charge is 0.328 e. The third-order valence-corrected chi connectivity index (χ3v) is 3.89. The van der Waals surface area contributed by atoms with Crippen molar-refractivity contribution in [3.63, 3.8) is 0 Å². The Hall–Kier alpha value is -1.48. The minimum Gasteiger partial charge on any atom is -0.491 e. The Balaban J connectivity index is 2.06. The molecule has 1 aliphatic rings. The Kier molecular flexibility index (Phi) is 5.48. The Morgan fingerprint density at radius 2 is 2.10 bits per heavy atom. The Morgan fingerprint density at radius 1 is 1.35 bits per heavy atom. The highest BCUT2D eigenvalue weighted by Crippen LogP contribution is 2.31. The van der Waals surface area contributed by atoms with E-state index in [4.69, 9.17) is 21.4 Å². The zero-order valence-electron chi connectivity index (χ0n) is 11.3. The quantitative estimate of drug-likeness (QED) is 0.819. The molecule has 20 heavy (non-hydrogen) atoms. The summed E-state index contributed by atoms with van der Waals surface area (Å²) < 4.78 is 5.86. The van der Waals surface area contributed by atoms with Crippen LogP contribution in [-0.4, -0.2) is 17.7 Å². The topological polar surface area (TPSA) is 46.5 Å². The number of aliphatic carboxylic acids is 1. The number of para-hydroxylation sites is 1. The van der Waals surface area contributed by atoms with Crippen molar-refractivity contribution in [2.75, 3.05) is 6.61 Å². The van der Waals surface area contributed by atoms with Crippen molar-refractivity contribution in [1.82, 2.24) is 0 Å². The lowest BCUT2D eigenvalue weighted by Gasteiger charge is -2.22. The maximum absolute atomic E-state index is 10.6. The SMILES string of the molecule is O=C(O)/C=C/c1cccc(Cl)c1OCC1CCCCC1. The first-order valence-electron chi connectivity index (χ1n) is 6.99. The fourth-order valence-electron chi connectivity index (χ4n) is 2.53. The van der Waals surface area contributed by atoms with E-state index in [1.54, 1.807) is 12.1 Å². The lowest BCUT2D eigenvalue weighted by Crippen LogP contribution is -2.15. The van der Waals surface area contributed by atoms with E-state index < -0.39 is 5.97 Å². The van der Waals surface area contributed by atoms with Gasteiger partial charge in [-0.25, -0.2) is 4.79 Å². The van der Waals surface area contributed by atoms with Gasteiger partial charge in [0, 0.05) is 11.6 Å². The van der Waals surface area contributed by atoms with E-state index in [0.29, 0.717) is 28.9 Å². The standard InChI is InChI=1S/C16H19ClO3/c17-14-8-4-7-13(9-10-15(18)19)16(14)20-11-12-5-2-1-3-6-12/h4,7-10,12H,1-3,5-6,11H2,(H,18,19)/b10-9+. The summed E-state index contributed by atoms with van der Waals surface area (Å²) >= 11 is 6.16. The molecule has 0 saturated heterocycles. The number of carboxylic acids is 1. The molecule has 0 aliphatic heterocycles. The number of rotatable bonds is 5. The summed E-state index contributed by atoms with van der Waals surface area (Å²) in [7, 11) is 0. The molecular weight excluding hydrogens is 276 g/mol. The van der Waals surface area contributed by atoms with E-state index in [1.165, 1.54) is 38.2 Å². The van der Waals surface area contributed by atoms with Crippen LogP contribution in [0, 0.1) is 5.92 Å². The van der Waals surface area contributed by atoms with Gasteiger partial charge in [0.1, 0.15) is 5.75 Å². The zero-order valence-corrected chi connectivity index (χ0v) is 12.1. The van der Waals surface area contributed by atoms with E-state index in [0.717, 1.165) is 6.08 Å². The molecule has 4 heteroatoms. The summed E-state index contributed by atoms with van der Waals surface area (Å²) in [4.78, 5) is 10.6. The monoisotopic (exact) mass is 294 g/mol. The summed E-state index contributed by atoms with van der Waals surface area (Å²) in [6, 6.07) is 5.36. The van der Waals surface area contributed by atoms with Gasteiger partial charge in [0.25, 0.3) is 0 Å². The molecule has 1 fully saturated rings. The highest BCUT2D eigenvalue weighted by molar-refractivity contribution is 6.32. The van der Waals surface area contributed by atoms with Gasteiger partial charge >= 0.3 is 5.97 Å². The molecule has 1 N–H and O–H groups in total. The summed E-state index contributed by atoms with van der Waals surface area (Å²) in [5.41, 5.74) is 0.704. The van der Waals surface area contributed by atoms with Crippen LogP contribution in [0.15, 0.2) is 24.3 Å². The van der Waals surface area contributed by atoms with Gasteiger partial charge in [-0.1, -0.05) is 43.0 Å². The van der Waals surface area contributed by atoms with Crippen LogP contribution in [0.25, 0.3) is 6.08 Å². The van der Waals surface area contributed by atoms with Gasteiger partial charge < -0.3 is 9.84 Å². The van der Waals surface area contributed by atoms with Gasteiger partial charge in [-0.3, -0.25) is 0 Å². The molecule has 1 aromatic rings. The van der Waals surface area contributed by atoms with Gasteiger partial charge in [0.15, 0.2) is 0 Å². The summed E-state index contributed by atoms with van der Waals surface area (Å²) in [5.74, 6) is 0.178. The van der Waals surface area contributed by atoms with Crippen molar-refractivity contribution in [1.29, 1.82) is 0 Å². The van der Waals surface area contributed by atoms with E-state index in [2.05, 4.69) is 0 Å². The van der Waals surface area contributed by atoms with Crippen molar-refractivity contribution < 1.29 is 14.6 Å². The fourth-order valence-corrected chi connectivity index (χ4v) is 2.76. The summed E-state index contributed by atoms with van der Waals surface area (Å²) in [5, 5.41) is 9.23. The maximum atomic E-state index is 10.6. The molecule has 3 nitrogen and oxygen atoms in total. The molecule has 1 aromatic carbocycles. The van der Waals surface area contributed by atoms with E-state index >= 15 is 0 Å². The van der Waals surface area contributed by atoms with E-state index in [9.17, 15) is 4.79 Å². The van der Waals surface area contributed by atoms with Crippen LogP contribution in [0.3, 0.4) is 0 Å². The lowest BCUT2D eigenvalue weighted by atomic mass is 9.90. The molecule has 108 valence electrons. The molecule has 2 rings (SSSR count). The molecule has 0 aromatic heterocycles. The van der Waals surface area contributed by atoms with Crippen LogP contribution in [0.1, 0.15) is 37.7 Å². The van der Waals surface area contributed by atoms with Crippen molar-refractivity contribution >= 4 is 23.6 Å². The van der Waals surface area contributed by atoms with Crippen molar-refractivity contribution in [3.8, 4) is 5.75 Å². The first kappa shape index (κ1) is 14.9. The van der Waals surface area contributed by atoms with Crippen molar-refractivity contribution in [2.45, 2.75) is 32.1 Å². The molecule has 0 bridgehead atoms. The molecule has 1 saturated carbocycles. The number of ether oxygens (including phenoxy) is 1. The van der Waals surface area contributed by atoms with Crippen LogP contribution in [0.2, 0.25) is 5.02 Å². The van der Waals surface area contributed by atoms with E-state index in [1.807, 2.05) is 6.07 Å². The number of carbonyl (C=O) groups is 1. The number of hydrogen-bond donors (Lipinski definition) is 1. The molecule has 0 spiro atoms. The Morgan fingerprint density at radius 3 is 2.80 bits per heavy atom. The minimum absolute atomic E-state index is 0.522. The fraction of sp³-hybridized carbons (Fsp3) is 0.438. The third kappa shape index (κ3) is 4.27. The average molecular weight is 295 g/mol. The Labute approximate surface area is 124 Å². The minimum atomic E-state index is -0.983. The van der Waals surface area contributed by atoms with Gasteiger partial charge in [-0.2, -0.15) is 0 Å². The molecule has 0 heterocycles. The van der Waals surface area contributed by atoms with Gasteiger partial charge in [0.05, 0.1) is 11.6 Å². The highest BCUT2D eigenvalue weighted by Gasteiger charge is 2.15. The van der Waals surface area contributed by atoms with Gasteiger partial charge in [-0.05, 0) is 30.9 Å². The largest absolute Gasteiger partial charge is 0.491 e. The predicted octanol–water partition coefficient (Wildman–Crippen LogP) is 4.40. The van der Waals surface area contributed by atoms with Crippen LogP contribution < -0.4 is 4.74 Å². The van der Waals surface area contributed by atoms with Crippen molar-refractivity contribution in [2.24, 2.45) is 5.92 Å². The molecule has 0 atom stereocenters. The molecular formula is C16H19ClO3. The van der Waals surface area contributed by atoms with Gasteiger partial charge in [-0.15, -0.1) is 0 Å². The third-order valence-electron chi connectivity index (χ3n) is 3.59. The Bertz CT molecular complexity index is 490. The molecule has 0 amide bonds. The second-order valence-corrected chi connectivity index (χ2v) is 5.55. The number of halogens is 1. The maximum Gasteiger partial charge on any atom is 0.328 e. The zero-order chi connectivity index (χ0) is 14.4. The average Bonchev–Trinajstić information content (AvgIpc) is 2.45. The predicted molar refractivity (Wildman–Crippen MR) is 80.2 cm³/mol. The van der Waals surface area contributed by atoms with Gasteiger partial charge in [0.2, 0.25) is 0 Å². The second-order valence-electron chi connectivity index (χ2n) is 5.14. The molecule has 1 aliphatic carbocycles. The van der Waals surface area contributed by atoms with Crippen molar-refractivity contribution in [3.05, 3.63) is 34.9 Å².